The van der Waals surface area contributed by atoms with Crippen molar-refractivity contribution in [2.24, 2.45) is 0 Å². The zero-order valence-corrected chi connectivity index (χ0v) is 15.2. The van der Waals surface area contributed by atoms with Crippen molar-refractivity contribution < 1.29 is 0 Å². The fourth-order valence-electron chi connectivity index (χ4n) is 3.72. The summed E-state index contributed by atoms with van der Waals surface area (Å²) in [6.07, 6.45) is 5.77. The van der Waals surface area contributed by atoms with Gasteiger partial charge in [-0.2, -0.15) is 0 Å². The first-order chi connectivity index (χ1) is 11.8. The Labute approximate surface area is 148 Å². The van der Waals surface area contributed by atoms with E-state index in [0.717, 1.165) is 38.5 Å². The van der Waals surface area contributed by atoms with Crippen LogP contribution in [0.15, 0.2) is 29.8 Å². The quantitative estimate of drug-likeness (QED) is 0.925. The van der Waals surface area contributed by atoms with E-state index in [0.29, 0.717) is 6.04 Å². The van der Waals surface area contributed by atoms with Gasteiger partial charge in [-0.3, -0.25) is 0 Å². The maximum atomic E-state index is 4.59. The summed E-state index contributed by atoms with van der Waals surface area (Å²) in [6.45, 7) is 5.30. The van der Waals surface area contributed by atoms with Gasteiger partial charge in [0, 0.05) is 49.8 Å². The van der Waals surface area contributed by atoms with E-state index in [1.807, 2.05) is 17.5 Å². The smallest absolute Gasteiger partial charge is 0.128 e. The van der Waals surface area contributed by atoms with E-state index in [9.17, 15) is 0 Å². The van der Waals surface area contributed by atoms with Gasteiger partial charge in [0.25, 0.3) is 0 Å². The molecule has 3 heterocycles. The van der Waals surface area contributed by atoms with Crippen molar-refractivity contribution in [1.82, 2.24) is 15.2 Å². The molecule has 1 aliphatic carbocycles. The molecule has 2 aromatic rings. The third-order valence-electron chi connectivity index (χ3n) is 5.24. The molecule has 2 aliphatic rings. The van der Waals surface area contributed by atoms with E-state index in [4.69, 9.17) is 0 Å². The summed E-state index contributed by atoms with van der Waals surface area (Å²) in [5, 5.41) is 6.01. The number of thiophene rings is 1. The molecule has 1 N–H and O–H groups in total. The molecule has 1 aliphatic heterocycles. The molecule has 2 aromatic heterocycles. The number of hydrogen-bond acceptors (Lipinski definition) is 5. The molecule has 4 nitrogen and oxygen atoms in total. The van der Waals surface area contributed by atoms with Gasteiger partial charge in [-0.1, -0.05) is 0 Å². The summed E-state index contributed by atoms with van der Waals surface area (Å²) in [5.41, 5.74) is 2.86. The lowest BCUT2D eigenvalue weighted by Crippen LogP contribution is -2.44. The summed E-state index contributed by atoms with van der Waals surface area (Å²) in [5.74, 6) is 1.13. The van der Waals surface area contributed by atoms with E-state index >= 15 is 0 Å². The Morgan fingerprint density at radius 2 is 2.12 bits per heavy atom. The number of rotatable bonds is 4. The largest absolute Gasteiger partial charge is 0.354 e. The standard InChI is InChI=1S/C19H26N4S/c1-22-8-10-23(11-9-22)19-13-15(5-7-20-19)14-21-17-3-2-4-18-16(17)6-12-24-18/h5-7,12-13,17,21H,2-4,8-11,14H2,1H3. The van der Waals surface area contributed by atoms with Crippen LogP contribution in [0.25, 0.3) is 0 Å². The fraction of sp³-hybridized carbons (Fsp3) is 0.526. The third-order valence-corrected chi connectivity index (χ3v) is 6.24. The first kappa shape index (κ1) is 16.1. The zero-order valence-electron chi connectivity index (χ0n) is 14.4. The molecule has 1 atom stereocenters. The van der Waals surface area contributed by atoms with Gasteiger partial charge in [0.05, 0.1) is 0 Å². The monoisotopic (exact) mass is 342 g/mol. The number of nitrogens with one attached hydrogen (secondary N) is 1. The van der Waals surface area contributed by atoms with Crippen LogP contribution in [-0.2, 0) is 13.0 Å². The van der Waals surface area contributed by atoms with Crippen LogP contribution in [0.3, 0.4) is 0 Å². The highest BCUT2D eigenvalue weighted by Gasteiger charge is 2.21. The predicted octanol–water partition coefficient (Wildman–Crippen LogP) is 3.06. The molecule has 1 unspecified atom stereocenters. The number of aromatic nitrogens is 1. The Kier molecular flexibility index (Phi) is 4.83. The number of aryl methyl sites for hydroxylation is 1. The molecule has 0 saturated carbocycles. The Morgan fingerprint density at radius 3 is 3.00 bits per heavy atom. The predicted molar refractivity (Wildman–Crippen MR) is 101 cm³/mol. The summed E-state index contributed by atoms with van der Waals surface area (Å²) in [6, 6.07) is 7.22. The normalized spacial score (nSPS) is 21.7. The van der Waals surface area contributed by atoms with Crippen molar-refractivity contribution in [3.05, 3.63) is 45.8 Å². The fourth-order valence-corrected chi connectivity index (χ4v) is 4.71. The molecular weight excluding hydrogens is 316 g/mol. The number of hydrogen-bond donors (Lipinski definition) is 1. The molecular formula is C19H26N4S. The molecule has 4 rings (SSSR count). The van der Waals surface area contributed by atoms with E-state index < -0.39 is 0 Å². The van der Waals surface area contributed by atoms with Crippen LogP contribution in [0, 0.1) is 0 Å². The Morgan fingerprint density at radius 1 is 1.25 bits per heavy atom. The highest BCUT2D eigenvalue weighted by molar-refractivity contribution is 7.10. The van der Waals surface area contributed by atoms with Gasteiger partial charge in [0.15, 0.2) is 0 Å². The van der Waals surface area contributed by atoms with Crippen molar-refractivity contribution >= 4 is 17.2 Å². The van der Waals surface area contributed by atoms with Crippen molar-refractivity contribution in [2.45, 2.75) is 31.8 Å². The molecule has 0 amide bonds. The number of likely N-dealkylation sites (N-methyl/N-ethyl adjacent to an activating group) is 1. The lowest BCUT2D eigenvalue weighted by Gasteiger charge is -2.33. The Bertz CT molecular complexity index is 676. The summed E-state index contributed by atoms with van der Waals surface area (Å²) in [7, 11) is 2.19. The Balaban J connectivity index is 1.40. The zero-order chi connectivity index (χ0) is 16.4. The van der Waals surface area contributed by atoms with Crippen LogP contribution in [-0.4, -0.2) is 43.1 Å². The van der Waals surface area contributed by atoms with Crippen molar-refractivity contribution in [3.8, 4) is 0 Å². The van der Waals surface area contributed by atoms with Gasteiger partial charge >= 0.3 is 0 Å². The topological polar surface area (TPSA) is 31.4 Å². The van der Waals surface area contributed by atoms with Gasteiger partial charge in [-0.25, -0.2) is 4.98 Å². The number of piperazine rings is 1. The molecule has 1 fully saturated rings. The van der Waals surface area contributed by atoms with Gasteiger partial charge in [0.1, 0.15) is 5.82 Å². The van der Waals surface area contributed by atoms with Crippen LogP contribution in [0.5, 0.6) is 0 Å². The molecule has 24 heavy (non-hydrogen) atoms. The van der Waals surface area contributed by atoms with Crippen molar-refractivity contribution in [1.29, 1.82) is 0 Å². The average molecular weight is 343 g/mol. The minimum Gasteiger partial charge on any atom is -0.354 e. The van der Waals surface area contributed by atoms with Crippen LogP contribution >= 0.6 is 11.3 Å². The van der Waals surface area contributed by atoms with Gasteiger partial charge in [0.2, 0.25) is 0 Å². The summed E-state index contributed by atoms with van der Waals surface area (Å²) >= 11 is 1.91. The maximum Gasteiger partial charge on any atom is 0.128 e. The van der Waals surface area contributed by atoms with E-state index in [2.05, 4.69) is 50.7 Å². The molecule has 128 valence electrons. The van der Waals surface area contributed by atoms with Crippen molar-refractivity contribution in [3.63, 3.8) is 0 Å². The van der Waals surface area contributed by atoms with Crippen LogP contribution < -0.4 is 10.2 Å². The van der Waals surface area contributed by atoms with Crippen LogP contribution in [0.2, 0.25) is 0 Å². The van der Waals surface area contributed by atoms with Crippen LogP contribution in [0.1, 0.15) is 34.9 Å². The lowest BCUT2D eigenvalue weighted by atomic mass is 9.94. The molecule has 5 heteroatoms. The first-order valence-electron chi connectivity index (χ1n) is 8.97. The molecule has 1 saturated heterocycles. The molecule has 0 radical (unpaired) electrons. The second-order valence-corrected chi connectivity index (χ2v) is 7.94. The minimum absolute atomic E-state index is 0.514. The molecule has 0 aromatic carbocycles. The average Bonchev–Trinajstić information content (AvgIpc) is 3.10. The van der Waals surface area contributed by atoms with E-state index in [1.165, 1.54) is 30.4 Å². The first-order valence-corrected chi connectivity index (χ1v) is 9.85. The highest BCUT2D eigenvalue weighted by Crippen LogP contribution is 2.33. The number of anilines is 1. The third kappa shape index (κ3) is 3.48. The Hall–Kier alpha value is -1.43. The van der Waals surface area contributed by atoms with E-state index in [-0.39, 0.29) is 0 Å². The number of nitrogens with zero attached hydrogens (tertiary/aromatic N) is 3. The second-order valence-electron chi connectivity index (χ2n) is 6.94. The summed E-state index contributed by atoms with van der Waals surface area (Å²) < 4.78 is 0. The second kappa shape index (κ2) is 7.21. The number of fused-ring (bicyclic) bond motifs is 1. The van der Waals surface area contributed by atoms with Gasteiger partial charge in [-0.05, 0) is 61.0 Å². The minimum atomic E-state index is 0.514. The van der Waals surface area contributed by atoms with Gasteiger partial charge in [-0.15, -0.1) is 11.3 Å². The number of pyridine rings is 1. The molecule has 0 bridgehead atoms. The van der Waals surface area contributed by atoms with Gasteiger partial charge < -0.3 is 15.1 Å². The highest BCUT2D eigenvalue weighted by atomic mass is 32.1. The maximum absolute atomic E-state index is 4.59. The van der Waals surface area contributed by atoms with E-state index in [1.54, 1.807) is 4.88 Å². The lowest BCUT2D eigenvalue weighted by molar-refractivity contribution is 0.312. The van der Waals surface area contributed by atoms with Crippen molar-refractivity contribution in [2.75, 3.05) is 38.1 Å². The summed E-state index contributed by atoms with van der Waals surface area (Å²) in [4.78, 5) is 10.9. The SMILES string of the molecule is CN1CCN(c2cc(CNC3CCCc4sccc43)ccn2)CC1. The molecule has 0 spiro atoms. The van der Waals surface area contributed by atoms with Crippen LogP contribution in [0.4, 0.5) is 5.82 Å².